The fourth-order valence-corrected chi connectivity index (χ4v) is 3.27. The summed E-state index contributed by atoms with van der Waals surface area (Å²) < 4.78 is 5.84. The minimum absolute atomic E-state index is 0.480. The zero-order valence-corrected chi connectivity index (χ0v) is 15.7. The molecule has 2 aromatic carbocycles. The maximum Gasteiger partial charge on any atom is 0.187 e. The van der Waals surface area contributed by atoms with Crippen LogP contribution in [0.4, 0.5) is 0 Å². The molecule has 0 bridgehead atoms. The molecule has 0 unspecified atom stereocenters. The van der Waals surface area contributed by atoms with Crippen LogP contribution in [0.5, 0.6) is 5.75 Å². The molecule has 0 atom stereocenters. The van der Waals surface area contributed by atoms with Crippen molar-refractivity contribution in [2.75, 3.05) is 0 Å². The molecule has 0 aromatic heterocycles. The van der Waals surface area contributed by atoms with Gasteiger partial charge >= 0.3 is 0 Å². The van der Waals surface area contributed by atoms with Crippen molar-refractivity contribution in [1.82, 2.24) is 10.7 Å². The van der Waals surface area contributed by atoms with Crippen LogP contribution in [-0.2, 0) is 6.61 Å². The number of nitrogens with zero attached hydrogens (tertiary/aromatic N) is 1. The molecule has 136 valence electrons. The van der Waals surface area contributed by atoms with Crippen molar-refractivity contribution in [3.63, 3.8) is 0 Å². The number of rotatable bonds is 6. The summed E-state index contributed by atoms with van der Waals surface area (Å²) in [6, 6.07) is 18.5. The van der Waals surface area contributed by atoms with Crippen LogP contribution in [0.1, 0.15) is 43.2 Å². The predicted molar refractivity (Wildman–Crippen MR) is 111 cm³/mol. The Morgan fingerprint density at radius 3 is 2.69 bits per heavy atom. The van der Waals surface area contributed by atoms with Crippen molar-refractivity contribution in [3.05, 3.63) is 65.7 Å². The van der Waals surface area contributed by atoms with Gasteiger partial charge in [-0.1, -0.05) is 61.7 Å². The van der Waals surface area contributed by atoms with Gasteiger partial charge in [-0.3, -0.25) is 5.43 Å². The van der Waals surface area contributed by atoms with E-state index in [0.29, 0.717) is 17.8 Å². The molecule has 26 heavy (non-hydrogen) atoms. The zero-order chi connectivity index (χ0) is 18.0. The van der Waals surface area contributed by atoms with E-state index < -0.39 is 0 Å². The molecule has 0 saturated heterocycles. The lowest BCUT2D eigenvalue weighted by Gasteiger charge is -2.23. The Bertz CT molecular complexity index is 727. The van der Waals surface area contributed by atoms with Crippen LogP contribution >= 0.6 is 12.2 Å². The SMILES string of the molecule is S=C(N/N=C/c1cccc(OCc2ccccc2)c1)NC1CCCCC1. The van der Waals surface area contributed by atoms with E-state index in [1.807, 2.05) is 42.5 Å². The van der Waals surface area contributed by atoms with Crippen LogP contribution in [0.25, 0.3) is 0 Å². The highest BCUT2D eigenvalue weighted by atomic mass is 32.1. The van der Waals surface area contributed by atoms with Gasteiger partial charge in [0.25, 0.3) is 0 Å². The third-order valence-electron chi connectivity index (χ3n) is 4.43. The van der Waals surface area contributed by atoms with E-state index in [-0.39, 0.29) is 0 Å². The molecular formula is C21H25N3OS. The second kappa shape index (κ2) is 9.92. The van der Waals surface area contributed by atoms with Crippen LogP contribution in [0.15, 0.2) is 59.7 Å². The number of benzene rings is 2. The van der Waals surface area contributed by atoms with Crippen molar-refractivity contribution in [2.45, 2.75) is 44.8 Å². The fourth-order valence-electron chi connectivity index (χ4n) is 3.06. The molecule has 0 aliphatic heterocycles. The first-order valence-electron chi connectivity index (χ1n) is 9.16. The zero-order valence-electron chi connectivity index (χ0n) is 14.9. The molecule has 1 aliphatic rings. The van der Waals surface area contributed by atoms with E-state index in [1.54, 1.807) is 6.21 Å². The molecular weight excluding hydrogens is 342 g/mol. The van der Waals surface area contributed by atoms with Gasteiger partial charge in [-0.15, -0.1) is 0 Å². The summed E-state index contributed by atoms with van der Waals surface area (Å²) in [6.45, 7) is 0.551. The Hall–Kier alpha value is -2.40. The quantitative estimate of drug-likeness (QED) is 0.451. The number of thiocarbonyl (C=S) groups is 1. The Kier molecular flexibility index (Phi) is 7.02. The highest BCUT2D eigenvalue weighted by Crippen LogP contribution is 2.17. The first-order valence-corrected chi connectivity index (χ1v) is 9.57. The number of ether oxygens (including phenoxy) is 1. The summed E-state index contributed by atoms with van der Waals surface area (Å²) in [5, 5.41) is 8.16. The lowest BCUT2D eigenvalue weighted by Crippen LogP contribution is -2.40. The largest absolute Gasteiger partial charge is 0.489 e. The van der Waals surface area contributed by atoms with Crippen molar-refractivity contribution < 1.29 is 4.74 Å². The monoisotopic (exact) mass is 367 g/mol. The third kappa shape index (κ3) is 6.15. The normalized spacial score (nSPS) is 14.9. The lowest BCUT2D eigenvalue weighted by molar-refractivity contribution is 0.306. The van der Waals surface area contributed by atoms with Gasteiger partial charge in [-0.05, 0) is 48.3 Å². The molecule has 1 saturated carbocycles. The standard InChI is InChI=1S/C21H25N3OS/c26-21(23-19-11-5-2-6-12-19)24-22-15-18-10-7-13-20(14-18)25-16-17-8-3-1-4-9-17/h1,3-4,7-10,13-15,19H,2,5-6,11-12,16H2,(H2,23,24,26)/b22-15+. The Labute approximate surface area is 160 Å². The topological polar surface area (TPSA) is 45.7 Å². The van der Waals surface area contributed by atoms with Gasteiger partial charge in [0.1, 0.15) is 12.4 Å². The molecule has 1 aliphatic carbocycles. The summed E-state index contributed by atoms with van der Waals surface area (Å²) in [7, 11) is 0. The highest BCUT2D eigenvalue weighted by molar-refractivity contribution is 7.80. The summed E-state index contributed by atoms with van der Waals surface area (Å²) >= 11 is 5.31. The van der Waals surface area contributed by atoms with Crippen LogP contribution in [0.2, 0.25) is 0 Å². The van der Waals surface area contributed by atoms with Crippen LogP contribution in [0, 0.1) is 0 Å². The number of hydrogen-bond donors (Lipinski definition) is 2. The average molecular weight is 368 g/mol. The van der Waals surface area contributed by atoms with E-state index in [1.165, 1.54) is 32.1 Å². The van der Waals surface area contributed by atoms with E-state index in [4.69, 9.17) is 17.0 Å². The molecule has 5 heteroatoms. The van der Waals surface area contributed by atoms with E-state index in [9.17, 15) is 0 Å². The van der Waals surface area contributed by atoms with Crippen LogP contribution in [-0.4, -0.2) is 17.4 Å². The van der Waals surface area contributed by atoms with E-state index in [0.717, 1.165) is 16.9 Å². The Morgan fingerprint density at radius 1 is 1.08 bits per heavy atom. The summed E-state index contributed by atoms with van der Waals surface area (Å²) in [6.07, 6.45) is 8.01. The van der Waals surface area contributed by atoms with Crippen LogP contribution in [0.3, 0.4) is 0 Å². The first kappa shape index (κ1) is 18.4. The first-order chi connectivity index (χ1) is 12.8. The molecule has 3 rings (SSSR count). The maximum absolute atomic E-state index is 5.84. The average Bonchev–Trinajstić information content (AvgIpc) is 2.68. The smallest absolute Gasteiger partial charge is 0.187 e. The van der Waals surface area contributed by atoms with Gasteiger partial charge in [0.15, 0.2) is 5.11 Å². The lowest BCUT2D eigenvalue weighted by atomic mass is 9.96. The molecule has 0 heterocycles. The second-order valence-corrected chi connectivity index (χ2v) is 6.93. The Morgan fingerprint density at radius 2 is 1.88 bits per heavy atom. The van der Waals surface area contributed by atoms with Crippen LogP contribution < -0.4 is 15.5 Å². The van der Waals surface area contributed by atoms with Crippen molar-refractivity contribution in [3.8, 4) is 5.75 Å². The number of hydrogen-bond acceptors (Lipinski definition) is 3. The van der Waals surface area contributed by atoms with E-state index >= 15 is 0 Å². The molecule has 1 fully saturated rings. The molecule has 0 spiro atoms. The summed E-state index contributed by atoms with van der Waals surface area (Å²) in [5.41, 5.74) is 5.01. The van der Waals surface area contributed by atoms with Gasteiger partial charge in [0, 0.05) is 6.04 Å². The summed E-state index contributed by atoms with van der Waals surface area (Å²) in [4.78, 5) is 0. The maximum atomic E-state index is 5.84. The number of nitrogens with one attached hydrogen (secondary N) is 2. The van der Waals surface area contributed by atoms with Gasteiger partial charge in [-0.25, -0.2) is 0 Å². The molecule has 4 nitrogen and oxygen atoms in total. The predicted octanol–water partition coefficient (Wildman–Crippen LogP) is 4.40. The Balaban J connectivity index is 1.46. The fraction of sp³-hybridized carbons (Fsp3) is 0.333. The van der Waals surface area contributed by atoms with Crippen molar-refractivity contribution in [1.29, 1.82) is 0 Å². The second-order valence-electron chi connectivity index (χ2n) is 6.53. The third-order valence-corrected chi connectivity index (χ3v) is 4.64. The van der Waals surface area contributed by atoms with Crippen molar-refractivity contribution >= 4 is 23.5 Å². The minimum Gasteiger partial charge on any atom is -0.489 e. The van der Waals surface area contributed by atoms with Crippen molar-refractivity contribution in [2.24, 2.45) is 5.10 Å². The minimum atomic E-state index is 0.480. The van der Waals surface area contributed by atoms with Gasteiger partial charge in [0.2, 0.25) is 0 Å². The summed E-state index contributed by atoms with van der Waals surface area (Å²) in [5.74, 6) is 0.820. The van der Waals surface area contributed by atoms with Gasteiger partial charge in [0.05, 0.1) is 6.21 Å². The molecule has 0 amide bonds. The highest BCUT2D eigenvalue weighted by Gasteiger charge is 2.13. The molecule has 2 N–H and O–H groups in total. The molecule has 2 aromatic rings. The van der Waals surface area contributed by atoms with Gasteiger partial charge in [-0.2, -0.15) is 5.10 Å². The van der Waals surface area contributed by atoms with Gasteiger partial charge < -0.3 is 10.1 Å². The number of hydrazone groups is 1. The molecule has 0 radical (unpaired) electrons. The van der Waals surface area contributed by atoms with E-state index in [2.05, 4.69) is 28.0 Å².